The SMILES string of the molecule is Cc1ccc(C(O)CC2OCCc3ccccc32)c(C)n1. The average molecular weight is 283 g/mol. The van der Waals surface area contributed by atoms with Crippen LogP contribution < -0.4 is 0 Å². The zero-order valence-electron chi connectivity index (χ0n) is 12.5. The van der Waals surface area contributed by atoms with Crippen molar-refractivity contribution >= 4 is 0 Å². The van der Waals surface area contributed by atoms with Crippen LogP contribution >= 0.6 is 0 Å². The number of benzene rings is 1. The van der Waals surface area contributed by atoms with E-state index in [2.05, 4.69) is 23.2 Å². The molecule has 1 aliphatic rings. The zero-order chi connectivity index (χ0) is 14.8. The summed E-state index contributed by atoms with van der Waals surface area (Å²) in [6, 6.07) is 12.3. The van der Waals surface area contributed by atoms with Crippen molar-refractivity contribution in [2.75, 3.05) is 6.61 Å². The van der Waals surface area contributed by atoms with Crippen LogP contribution in [0.1, 0.15) is 46.7 Å². The van der Waals surface area contributed by atoms with E-state index in [0.29, 0.717) is 6.42 Å². The minimum atomic E-state index is -0.547. The molecule has 110 valence electrons. The van der Waals surface area contributed by atoms with Gasteiger partial charge in [0, 0.05) is 23.4 Å². The van der Waals surface area contributed by atoms with Gasteiger partial charge >= 0.3 is 0 Å². The second kappa shape index (κ2) is 5.96. The summed E-state index contributed by atoms with van der Waals surface area (Å²) in [5.74, 6) is 0. The molecule has 3 heteroatoms. The normalized spacial score (nSPS) is 19.1. The molecule has 1 aromatic heterocycles. The number of aromatic nitrogens is 1. The van der Waals surface area contributed by atoms with E-state index in [1.54, 1.807) is 0 Å². The molecular weight excluding hydrogens is 262 g/mol. The molecule has 0 saturated heterocycles. The van der Waals surface area contributed by atoms with Crippen molar-refractivity contribution in [2.24, 2.45) is 0 Å². The molecule has 0 saturated carbocycles. The summed E-state index contributed by atoms with van der Waals surface area (Å²) in [5.41, 5.74) is 5.31. The summed E-state index contributed by atoms with van der Waals surface area (Å²) in [7, 11) is 0. The number of fused-ring (bicyclic) bond motifs is 1. The minimum Gasteiger partial charge on any atom is -0.388 e. The van der Waals surface area contributed by atoms with Crippen molar-refractivity contribution in [1.82, 2.24) is 4.98 Å². The molecule has 1 N–H and O–H groups in total. The lowest BCUT2D eigenvalue weighted by Crippen LogP contribution is -2.18. The number of rotatable bonds is 3. The van der Waals surface area contributed by atoms with E-state index >= 15 is 0 Å². The first-order valence-corrected chi connectivity index (χ1v) is 7.47. The average Bonchev–Trinajstić information content (AvgIpc) is 2.47. The van der Waals surface area contributed by atoms with Crippen molar-refractivity contribution in [3.8, 4) is 0 Å². The van der Waals surface area contributed by atoms with Crippen LogP contribution in [0.4, 0.5) is 0 Å². The fourth-order valence-electron chi connectivity index (χ4n) is 3.05. The molecule has 2 heterocycles. The zero-order valence-corrected chi connectivity index (χ0v) is 12.5. The first-order chi connectivity index (χ1) is 10.1. The lowest BCUT2D eigenvalue weighted by atomic mass is 9.92. The first kappa shape index (κ1) is 14.2. The molecule has 0 radical (unpaired) electrons. The molecule has 0 spiro atoms. The Morgan fingerprint density at radius 2 is 2.05 bits per heavy atom. The van der Waals surface area contributed by atoms with Gasteiger partial charge < -0.3 is 9.84 Å². The van der Waals surface area contributed by atoms with Crippen LogP contribution in [0.25, 0.3) is 0 Å². The van der Waals surface area contributed by atoms with Gasteiger partial charge in [0.1, 0.15) is 0 Å². The molecule has 3 rings (SSSR count). The Morgan fingerprint density at radius 3 is 2.86 bits per heavy atom. The molecule has 3 nitrogen and oxygen atoms in total. The number of hydrogen-bond donors (Lipinski definition) is 1. The predicted octanol–water partition coefficient (Wildman–Crippen LogP) is 3.44. The van der Waals surface area contributed by atoms with Gasteiger partial charge in [-0.05, 0) is 37.5 Å². The van der Waals surface area contributed by atoms with Crippen molar-refractivity contribution < 1.29 is 9.84 Å². The Labute approximate surface area is 125 Å². The second-order valence-electron chi connectivity index (χ2n) is 5.69. The summed E-state index contributed by atoms with van der Waals surface area (Å²) in [6.45, 7) is 4.63. The van der Waals surface area contributed by atoms with E-state index in [1.807, 2.05) is 32.0 Å². The highest BCUT2D eigenvalue weighted by molar-refractivity contribution is 5.32. The maximum absolute atomic E-state index is 10.6. The van der Waals surface area contributed by atoms with Crippen LogP contribution in [0.3, 0.4) is 0 Å². The molecular formula is C18H21NO2. The summed E-state index contributed by atoms with van der Waals surface area (Å²) in [4.78, 5) is 4.43. The Bertz CT molecular complexity index is 639. The van der Waals surface area contributed by atoms with Gasteiger partial charge in [-0.15, -0.1) is 0 Å². The number of nitrogens with zero attached hydrogens (tertiary/aromatic N) is 1. The van der Waals surface area contributed by atoms with Crippen molar-refractivity contribution in [3.05, 3.63) is 64.5 Å². The fraction of sp³-hybridized carbons (Fsp3) is 0.389. The van der Waals surface area contributed by atoms with Crippen molar-refractivity contribution in [1.29, 1.82) is 0 Å². The van der Waals surface area contributed by atoms with Crippen LogP contribution in [0.5, 0.6) is 0 Å². The summed E-state index contributed by atoms with van der Waals surface area (Å²) in [5, 5.41) is 10.6. The molecule has 0 fully saturated rings. The Balaban J connectivity index is 1.81. The van der Waals surface area contributed by atoms with Crippen LogP contribution in [-0.2, 0) is 11.2 Å². The third-order valence-electron chi connectivity index (χ3n) is 4.15. The molecule has 0 bridgehead atoms. The summed E-state index contributed by atoms with van der Waals surface area (Å²) < 4.78 is 5.88. The van der Waals surface area contributed by atoms with Gasteiger partial charge in [0.05, 0.1) is 18.8 Å². The number of ether oxygens (including phenoxy) is 1. The monoisotopic (exact) mass is 283 g/mol. The molecule has 2 atom stereocenters. The van der Waals surface area contributed by atoms with Crippen LogP contribution in [0.2, 0.25) is 0 Å². The standard InChI is InChI=1S/C18H21NO2/c1-12-7-8-15(13(2)19-12)17(20)11-18-16-6-4-3-5-14(16)9-10-21-18/h3-8,17-18,20H,9-11H2,1-2H3. The topological polar surface area (TPSA) is 42.4 Å². The predicted molar refractivity (Wildman–Crippen MR) is 82.1 cm³/mol. The Morgan fingerprint density at radius 1 is 1.24 bits per heavy atom. The molecule has 2 aromatic rings. The van der Waals surface area contributed by atoms with Gasteiger partial charge in [0.25, 0.3) is 0 Å². The highest BCUT2D eigenvalue weighted by Crippen LogP contribution is 2.34. The number of aryl methyl sites for hydroxylation is 2. The van der Waals surface area contributed by atoms with Gasteiger partial charge in [0.15, 0.2) is 0 Å². The van der Waals surface area contributed by atoms with E-state index in [9.17, 15) is 5.11 Å². The molecule has 1 aromatic carbocycles. The van der Waals surface area contributed by atoms with E-state index in [0.717, 1.165) is 30.0 Å². The fourth-order valence-corrected chi connectivity index (χ4v) is 3.05. The van der Waals surface area contributed by atoms with Crippen molar-refractivity contribution in [3.63, 3.8) is 0 Å². The molecule has 2 unspecified atom stereocenters. The largest absolute Gasteiger partial charge is 0.388 e. The number of aliphatic hydroxyl groups excluding tert-OH is 1. The number of hydrogen-bond acceptors (Lipinski definition) is 3. The van der Waals surface area contributed by atoms with Crippen LogP contribution in [0, 0.1) is 13.8 Å². The third kappa shape index (κ3) is 2.99. The van der Waals surface area contributed by atoms with E-state index in [4.69, 9.17) is 4.74 Å². The lowest BCUT2D eigenvalue weighted by molar-refractivity contribution is 0.00356. The van der Waals surface area contributed by atoms with E-state index in [1.165, 1.54) is 11.1 Å². The molecule has 0 amide bonds. The molecule has 0 aliphatic carbocycles. The first-order valence-electron chi connectivity index (χ1n) is 7.47. The summed E-state index contributed by atoms with van der Waals surface area (Å²) >= 11 is 0. The highest BCUT2D eigenvalue weighted by Gasteiger charge is 2.24. The summed E-state index contributed by atoms with van der Waals surface area (Å²) in [6.07, 6.45) is 0.941. The number of pyridine rings is 1. The lowest BCUT2D eigenvalue weighted by Gasteiger charge is -2.28. The number of aliphatic hydroxyl groups is 1. The van der Waals surface area contributed by atoms with Gasteiger partial charge in [0.2, 0.25) is 0 Å². The van der Waals surface area contributed by atoms with E-state index < -0.39 is 6.10 Å². The quantitative estimate of drug-likeness (QED) is 0.938. The minimum absolute atomic E-state index is 0.0364. The maximum Gasteiger partial charge on any atom is 0.0855 e. The van der Waals surface area contributed by atoms with Gasteiger partial charge in [-0.2, -0.15) is 0 Å². The van der Waals surface area contributed by atoms with Gasteiger partial charge in [-0.3, -0.25) is 4.98 Å². The smallest absolute Gasteiger partial charge is 0.0855 e. The van der Waals surface area contributed by atoms with Crippen LogP contribution in [-0.4, -0.2) is 16.7 Å². The Hall–Kier alpha value is -1.71. The second-order valence-corrected chi connectivity index (χ2v) is 5.69. The van der Waals surface area contributed by atoms with Gasteiger partial charge in [-0.1, -0.05) is 30.3 Å². The third-order valence-corrected chi connectivity index (χ3v) is 4.15. The Kier molecular flexibility index (Phi) is 4.04. The van der Waals surface area contributed by atoms with Crippen molar-refractivity contribution in [2.45, 2.75) is 38.9 Å². The van der Waals surface area contributed by atoms with Gasteiger partial charge in [-0.25, -0.2) is 0 Å². The van der Waals surface area contributed by atoms with Crippen LogP contribution in [0.15, 0.2) is 36.4 Å². The maximum atomic E-state index is 10.6. The molecule has 1 aliphatic heterocycles. The molecule has 21 heavy (non-hydrogen) atoms. The highest BCUT2D eigenvalue weighted by atomic mass is 16.5. The van der Waals surface area contributed by atoms with E-state index in [-0.39, 0.29) is 6.10 Å².